The summed E-state index contributed by atoms with van der Waals surface area (Å²) in [6.45, 7) is 0.471. The maximum absolute atomic E-state index is 12.1. The van der Waals surface area contributed by atoms with Crippen molar-refractivity contribution in [2.45, 2.75) is 13.2 Å². The highest BCUT2D eigenvalue weighted by atomic mass is 35.5. The number of carbonyl (C=O) groups excluding carboxylic acids is 2. The molecule has 3 aromatic rings. The van der Waals surface area contributed by atoms with Gasteiger partial charge in [-0.3, -0.25) is 14.9 Å². The number of hydrogen-bond donors (Lipinski definition) is 1. The van der Waals surface area contributed by atoms with Gasteiger partial charge in [-0.15, -0.1) is 0 Å². The summed E-state index contributed by atoms with van der Waals surface area (Å²) in [5.41, 5.74) is 2.22. The molecule has 3 aromatic carbocycles. The SMILES string of the molecule is O=C1NC(=O)/C(=C/c2cc(OCc3ccc(Cl)c(Cl)c3)ccc2OCc2ccc(Cl)c(Cl)c2)S1. The van der Waals surface area contributed by atoms with Crippen LogP contribution in [0.5, 0.6) is 11.5 Å². The number of imide groups is 1. The van der Waals surface area contributed by atoms with Crippen molar-refractivity contribution >= 4 is 75.4 Å². The molecule has 0 saturated carbocycles. The number of rotatable bonds is 7. The molecule has 1 fully saturated rings. The summed E-state index contributed by atoms with van der Waals surface area (Å²) in [4.78, 5) is 23.9. The molecule has 0 unspecified atom stereocenters. The standard InChI is InChI=1S/C24H15Cl4NO4S/c25-17-4-1-13(7-19(17)27)11-32-16-3-6-21(33-12-14-2-5-18(26)20(28)8-14)15(9-16)10-22-23(30)29-24(31)34-22/h1-10H,11-12H2,(H,29,30,31)/b22-10-. The van der Waals surface area contributed by atoms with Gasteiger partial charge in [0.1, 0.15) is 24.7 Å². The Balaban J connectivity index is 1.57. The molecule has 1 heterocycles. The van der Waals surface area contributed by atoms with E-state index in [9.17, 15) is 9.59 Å². The first-order valence-electron chi connectivity index (χ1n) is 9.81. The van der Waals surface area contributed by atoms with Crippen LogP contribution >= 0.6 is 58.2 Å². The van der Waals surface area contributed by atoms with Gasteiger partial charge in [0.15, 0.2) is 0 Å². The molecule has 0 radical (unpaired) electrons. The van der Waals surface area contributed by atoms with Crippen LogP contribution < -0.4 is 14.8 Å². The lowest BCUT2D eigenvalue weighted by molar-refractivity contribution is -0.115. The minimum Gasteiger partial charge on any atom is -0.489 e. The molecule has 5 nitrogen and oxygen atoms in total. The second kappa shape index (κ2) is 10.9. The Kier molecular flexibility index (Phi) is 7.96. The fraction of sp³-hybridized carbons (Fsp3) is 0.0833. The third kappa shape index (κ3) is 6.20. The maximum atomic E-state index is 12.1. The minimum absolute atomic E-state index is 0.217. The van der Waals surface area contributed by atoms with Crippen molar-refractivity contribution in [3.05, 3.63) is 96.3 Å². The van der Waals surface area contributed by atoms with Crippen LogP contribution in [0.1, 0.15) is 16.7 Å². The quantitative estimate of drug-likeness (QED) is 0.302. The topological polar surface area (TPSA) is 64.6 Å². The zero-order chi connectivity index (χ0) is 24.2. The molecule has 0 bridgehead atoms. The molecule has 0 aliphatic carbocycles. The molecule has 10 heteroatoms. The molecule has 1 N–H and O–H groups in total. The van der Waals surface area contributed by atoms with E-state index in [1.807, 2.05) is 6.07 Å². The Morgan fingerprint density at radius 2 is 1.38 bits per heavy atom. The number of amides is 2. The molecule has 1 saturated heterocycles. The van der Waals surface area contributed by atoms with E-state index in [0.717, 1.165) is 22.9 Å². The Hall–Kier alpha value is -2.35. The van der Waals surface area contributed by atoms with E-state index in [4.69, 9.17) is 55.9 Å². The van der Waals surface area contributed by atoms with Gasteiger partial charge in [0, 0.05) is 5.56 Å². The highest BCUT2D eigenvalue weighted by Gasteiger charge is 2.25. The van der Waals surface area contributed by atoms with Crippen LogP contribution in [0.15, 0.2) is 59.5 Å². The van der Waals surface area contributed by atoms with Gasteiger partial charge in [-0.2, -0.15) is 0 Å². The molecule has 0 spiro atoms. The van der Waals surface area contributed by atoms with Crippen LogP contribution in [0.3, 0.4) is 0 Å². The third-order valence-corrected chi connectivity index (χ3v) is 6.97. The van der Waals surface area contributed by atoms with Gasteiger partial charge >= 0.3 is 0 Å². The van der Waals surface area contributed by atoms with Crippen molar-refractivity contribution in [1.82, 2.24) is 5.32 Å². The average Bonchev–Trinajstić information content (AvgIpc) is 3.12. The number of hydrogen-bond acceptors (Lipinski definition) is 5. The van der Waals surface area contributed by atoms with E-state index in [1.165, 1.54) is 0 Å². The molecule has 0 aromatic heterocycles. The Morgan fingerprint density at radius 1 is 0.765 bits per heavy atom. The number of thioether (sulfide) groups is 1. The molecule has 2 amide bonds. The van der Waals surface area contributed by atoms with Gasteiger partial charge < -0.3 is 9.47 Å². The number of carbonyl (C=O) groups is 2. The van der Waals surface area contributed by atoms with Gasteiger partial charge in [0.05, 0.1) is 25.0 Å². The predicted molar refractivity (Wildman–Crippen MR) is 137 cm³/mol. The van der Waals surface area contributed by atoms with Gasteiger partial charge in [-0.25, -0.2) is 0 Å². The highest BCUT2D eigenvalue weighted by Crippen LogP contribution is 2.33. The monoisotopic (exact) mass is 553 g/mol. The van der Waals surface area contributed by atoms with E-state index < -0.39 is 11.1 Å². The average molecular weight is 555 g/mol. The van der Waals surface area contributed by atoms with Gasteiger partial charge in [0.25, 0.3) is 11.1 Å². The van der Waals surface area contributed by atoms with Crippen LogP contribution in [0.4, 0.5) is 4.79 Å². The summed E-state index contributed by atoms with van der Waals surface area (Å²) in [5, 5.41) is 3.59. The summed E-state index contributed by atoms with van der Waals surface area (Å²) in [6.07, 6.45) is 1.58. The number of halogens is 4. The van der Waals surface area contributed by atoms with E-state index in [-0.39, 0.29) is 18.1 Å². The maximum Gasteiger partial charge on any atom is 0.290 e. The summed E-state index contributed by atoms with van der Waals surface area (Å²) in [5.74, 6) is 0.565. The number of benzene rings is 3. The molecular weight excluding hydrogens is 540 g/mol. The van der Waals surface area contributed by atoms with Crippen molar-refractivity contribution in [2.24, 2.45) is 0 Å². The smallest absolute Gasteiger partial charge is 0.290 e. The molecule has 174 valence electrons. The summed E-state index contributed by atoms with van der Waals surface area (Å²) in [6, 6.07) is 15.7. The fourth-order valence-corrected chi connectivity index (χ4v) is 4.32. The van der Waals surface area contributed by atoms with Crippen LogP contribution in [0.2, 0.25) is 20.1 Å². The zero-order valence-corrected chi connectivity index (χ0v) is 21.1. The van der Waals surface area contributed by atoms with Crippen LogP contribution in [-0.4, -0.2) is 11.1 Å². The van der Waals surface area contributed by atoms with E-state index in [2.05, 4.69) is 5.32 Å². The Labute approximate surface area is 219 Å². The van der Waals surface area contributed by atoms with Crippen molar-refractivity contribution in [1.29, 1.82) is 0 Å². The summed E-state index contributed by atoms with van der Waals surface area (Å²) >= 11 is 24.9. The summed E-state index contributed by atoms with van der Waals surface area (Å²) in [7, 11) is 0. The molecule has 1 aliphatic rings. The van der Waals surface area contributed by atoms with Crippen molar-refractivity contribution < 1.29 is 19.1 Å². The van der Waals surface area contributed by atoms with Gasteiger partial charge in [0.2, 0.25) is 0 Å². The van der Waals surface area contributed by atoms with Crippen LogP contribution in [0.25, 0.3) is 6.08 Å². The van der Waals surface area contributed by atoms with Crippen molar-refractivity contribution in [3.8, 4) is 11.5 Å². The number of nitrogens with one attached hydrogen (secondary N) is 1. The Morgan fingerprint density at radius 3 is 1.94 bits per heavy atom. The van der Waals surface area contributed by atoms with Crippen molar-refractivity contribution in [2.75, 3.05) is 0 Å². The lowest BCUT2D eigenvalue weighted by Gasteiger charge is -2.13. The molecule has 0 atom stereocenters. The van der Waals surface area contributed by atoms with Gasteiger partial charge in [-0.1, -0.05) is 58.5 Å². The molecule has 34 heavy (non-hydrogen) atoms. The first kappa shape index (κ1) is 24.8. The van der Waals surface area contributed by atoms with Crippen LogP contribution in [0, 0.1) is 0 Å². The lowest BCUT2D eigenvalue weighted by Crippen LogP contribution is -2.17. The zero-order valence-electron chi connectivity index (χ0n) is 17.2. The Bertz CT molecular complexity index is 1310. The molecular formula is C24H15Cl4NO4S. The first-order valence-corrected chi connectivity index (χ1v) is 12.1. The van der Waals surface area contributed by atoms with Crippen LogP contribution in [-0.2, 0) is 18.0 Å². The summed E-state index contributed by atoms with van der Waals surface area (Å²) < 4.78 is 11.9. The molecule has 4 rings (SSSR count). The fourth-order valence-electron chi connectivity index (χ4n) is 3.01. The van der Waals surface area contributed by atoms with Crippen molar-refractivity contribution in [3.63, 3.8) is 0 Å². The third-order valence-electron chi connectivity index (χ3n) is 4.68. The predicted octanol–water partition coefficient (Wildman–Crippen LogP) is 7.78. The lowest BCUT2D eigenvalue weighted by atomic mass is 10.1. The first-order chi connectivity index (χ1) is 16.3. The van der Waals surface area contributed by atoms with Gasteiger partial charge in [-0.05, 0) is 71.4 Å². The highest BCUT2D eigenvalue weighted by molar-refractivity contribution is 8.18. The van der Waals surface area contributed by atoms with E-state index >= 15 is 0 Å². The normalized spacial score (nSPS) is 14.4. The second-order valence-electron chi connectivity index (χ2n) is 7.13. The van der Waals surface area contributed by atoms with E-state index in [0.29, 0.717) is 37.2 Å². The number of ether oxygens (including phenoxy) is 2. The molecule has 1 aliphatic heterocycles. The van der Waals surface area contributed by atoms with E-state index in [1.54, 1.807) is 54.6 Å². The second-order valence-corrected chi connectivity index (χ2v) is 9.77. The largest absolute Gasteiger partial charge is 0.489 e. The minimum atomic E-state index is -0.465.